The Morgan fingerprint density at radius 1 is 1.35 bits per heavy atom. The third-order valence-corrected chi connectivity index (χ3v) is 2.60. The third kappa shape index (κ3) is 5.53. The Kier molecular flexibility index (Phi) is 5.76. The van der Waals surface area contributed by atoms with Crippen LogP contribution in [0, 0.1) is 0 Å². The lowest BCUT2D eigenvalue weighted by atomic mass is 10.3. The average molecular weight is 260 g/mol. The van der Waals surface area contributed by atoms with Gasteiger partial charge >= 0.3 is 6.03 Å². The van der Waals surface area contributed by atoms with E-state index in [1.165, 1.54) is 0 Å². The minimum atomic E-state index is -2.43. The first-order valence-corrected chi connectivity index (χ1v) is 6.09. The molecule has 2 amide bonds. The van der Waals surface area contributed by atoms with E-state index in [0.29, 0.717) is 28.9 Å². The summed E-state index contributed by atoms with van der Waals surface area (Å²) in [7, 11) is 0. The predicted molar refractivity (Wildman–Crippen MR) is 65.6 cm³/mol. The fourth-order valence-corrected chi connectivity index (χ4v) is 1.63. The lowest BCUT2D eigenvalue weighted by Crippen LogP contribution is -2.29. The maximum atomic E-state index is 12.1. The summed E-state index contributed by atoms with van der Waals surface area (Å²) in [5, 5.41) is 5.26. The maximum Gasteiger partial charge on any atom is 0.319 e. The van der Waals surface area contributed by atoms with Crippen LogP contribution in [0.1, 0.15) is 13.3 Å². The molecule has 6 heteroatoms. The van der Waals surface area contributed by atoms with Crippen LogP contribution < -0.4 is 10.6 Å². The lowest BCUT2D eigenvalue weighted by molar-refractivity contribution is 0.251. The van der Waals surface area contributed by atoms with Crippen molar-refractivity contribution in [3.63, 3.8) is 0 Å². The maximum absolute atomic E-state index is 12.1. The van der Waals surface area contributed by atoms with Gasteiger partial charge in [-0.15, -0.1) is 0 Å². The minimum absolute atomic E-state index is 0.291. The number of hydrogen-bond donors (Lipinski definition) is 2. The first kappa shape index (κ1) is 13.8. The standard InChI is InChI=1S/C11H14F2N2OS/c1-2-7-14-11(16)15-8-3-5-9(6-4-8)17-10(12)13/h3-6,10H,2,7H2,1H3,(H2,14,15,16). The minimum Gasteiger partial charge on any atom is -0.338 e. The van der Waals surface area contributed by atoms with E-state index in [2.05, 4.69) is 10.6 Å². The molecule has 0 saturated carbocycles. The van der Waals surface area contributed by atoms with Gasteiger partial charge in [0.25, 0.3) is 5.76 Å². The van der Waals surface area contributed by atoms with Crippen molar-refractivity contribution in [3.05, 3.63) is 24.3 Å². The van der Waals surface area contributed by atoms with Gasteiger partial charge < -0.3 is 10.6 Å². The van der Waals surface area contributed by atoms with E-state index in [4.69, 9.17) is 0 Å². The van der Waals surface area contributed by atoms with Crippen LogP contribution in [0.2, 0.25) is 0 Å². The molecule has 3 nitrogen and oxygen atoms in total. The quantitative estimate of drug-likeness (QED) is 0.795. The van der Waals surface area contributed by atoms with Crippen LogP contribution >= 0.6 is 11.8 Å². The number of carbonyl (C=O) groups is 1. The highest BCUT2D eigenvalue weighted by Crippen LogP contribution is 2.25. The second-order valence-electron chi connectivity index (χ2n) is 3.28. The van der Waals surface area contributed by atoms with Gasteiger partial charge in [0.15, 0.2) is 0 Å². The fraction of sp³-hybridized carbons (Fsp3) is 0.364. The van der Waals surface area contributed by atoms with E-state index in [1.54, 1.807) is 24.3 Å². The van der Waals surface area contributed by atoms with Crippen LogP contribution in [0.15, 0.2) is 29.2 Å². The molecule has 0 aliphatic rings. The number of amides is 2. The Labute approximate surface area is 103 Å². The molecule has 0 unspecified atom stereocenters. The fourth-order valence-electron chi connectivity index (χ4n) is 1.13. The van der Waals surface area contributed by atoms with Gasteiger partial charge in [-0.1, -0.05) is 18.7 Å². The topological polar surface area (TPSA) is 41.1 Å². The van der Waals surface area contributed by atoms with Gasteiger partial charge in [0.05, 0.1) is 0 Å². The highest BCUT2D eigenvalue weighted by molar-refractivity contribution is 7.99. The van der Waals surface area contributed by atoms with Gasteiger partial charge in [-0.05, 0) is 30.7 Å². The van der Waals surface area contributed by atoms with Crippen molar-refractivity contribution in [3.8, 4) is 0 Å². The van der Waals surface area contributed by atoms with Crippen molar-refractivity contribution in [2.24, 2.45) is 0 Å². The zero-order chi connectivity index (χ0) is 12.7. The molecule has 0 bridgehead atoms. The molecule has 0 spiro atoms. The molecule has 1 rings (SSSR count). The normalized spacial score (nSPS) is 10.4. The Morgan fingerprint density at radius 3 is 2.53 bits per heavy atom. The number of carbonyl (C=O) groups excluding carboxylic acids is 1. The summed E-state index contributed by atoms with van der Waals surface area (Å²) in [5.74, 6) is -2.43. The molecular weight excluding hydrogens is 246 g/mol. The molecule has 2 N–H and O–H groups in total. The van der Waals surface area contributed by atoms with Crippen molar-refractivity contribution in [1.29, 1.82) is 0 Å². The summed E-state index contributed by atoms with van der Waals surface area (Å²) < 4.78 is 24.1. The SMILES string of the molecule is CCCNC(=O)Nc1ccc(SC(F)F)cc1. The molecular formula is C11H14F2N2OS. The summed E-state index contributed by atoms with van der Waals surface area (Å²) in [6.45, 7) is 2.56. The van der Waals surface area contributed by atoms with Crippen LogP contribution in [-0.4, -0.2) is 18.3 Å². The van der Waals surface area contributed by atoms with E-state index < -0.39 is 5.76 Å². The number of nitrogens with one attached hydrogen (secondary N) is 2. The number of halogens is 2. The number of urea groups is 1. The molecule has 0 aliphatic carbocycles. The van der Waals surface area contributed by atoms with Crippen LogP contribution in [-0.2, 0) is 0 Å². The van der Waals surface area contributed by atoms with Crippen LogP contribution in [0.4, 0.5) is 19.3 Å². The van der Waals surface area contributed by atoms with Gasteiger partial charge in [0, 0.05) is 17.1 Å². The van der Waals surface area contributed by atoms with Crippen molar-refractivity contribution < 1.29 is 13.6 Å². The Hall–Kier alpha value is -1.30. The Morgan fingerprint density at radius 2 is 2.00 bits per heavy atom. The highest BCUT2D eigenvalue weighted by atomic mass is 32.2. The zero-order valence-electron chi connectivity index (χ0n) is 9.37. The summed E-state index contributed by atoms with van der Waals surface area (Å²) in [6.07, 6.45) is 0.859. The number of alkyl halides is 2. The van der Waals surface area contributed by atoms with Crippen molar-refractivity contribution in [2.45, 2.75) is 24.0 Å². The van der Waals surface area contributed by atoms with E-state index in [-0.39, 0.29) is 6.03 Å². The molecule has 0 fully saturated rings. The molecule has 1 aromatic carbocycles. The van der Waals surface area contributed by atoms with Gasteiger partial charge in [-0.2, -0.15) is 8.78 Å². The zero-order valence-corrected chi connectivity index (χ0v) is 10.2. The summed E-state index contributed by atoms with van der Waals surface area (Å²) in [6, 6.07) is 5.99. The first-order chi connectivity index (χ1) is 8.11. The Bertz CT molecular complexity index is 357. The third-order valence-electron chi connectivity index (χ3n) is 1.87. The average Bonchev–Trinajstić information content (AvgIpc) is 2.28. The van der Waals surface area contributed by atoms with Crippen LogP contribution in [0.3, 0.4) is 0 Å². The number of benzene rings is 1. The predicted octanol–water partition coefficient (Wildman–Crippen LogP) is 3.53. The number of hydrogen-bond acceptors (Lipinski definition) is 2. The molecule has 0 heterocycles. The monoisotopic (exact) mass is 260 g/mol. The number of thioether (sulfide) groups is 1. The number of anilines is 1. The molecule has 0 radical (unpaired) electrons. The van der Waals surface area contributed by atoms with E-state index in [9.17, 15) is 13.6 Å². The molecule has 0 aromatic heterocycles. The molecule has 0 saturated heterocycles. The van der Waals surface area contributed by atoms with Gasteiger partial charge in [0.1, 0.15) is 0 Å². The summed E-state index contributed by atoms with van der Waals surface area (Å²) in [4.78, 5) is 11.8. The number of rotatable bonds is 5. The van der Waals surface area contributed by atoms with Crippen LogP contribution in [0.5, 0.6) is 0 Å². The summed E-state index contributed by atoms with van der Waals surface area (Å²) >= 11 is 0.478. The van der Waals surface area contributed by atoms with Crippen molar-refractivity contribution in [1.82, 2.24) is 5.32 Å². The first-order valence-electron chi connectivity index (χ1n) is 5.21. The van der Waals surface area contributed by atoms with Gasteiger partial charge in [0.2, 0.25) is 0 Å². The highest BCUT2D eigenvalue weighted by Gasteiger charge is 2.05. The van der Waals surface area contributed by atoms with Crippen molar-refractivity contribution >= 4 is 23.5 Å². The molecule has 0 aliphatic heterocycles. The smallest absolute Gasteiger partial charge is 0.319 e. The van der Waals surface area contributed by atoms with Crippen LogP contribution in [0.25, 0.3) is 0 Å². The second-order valence-corrected chi connectivity index (χ2v) is 4.35. The Balaban J connectivity index is 2.47. The molecule has 1 aromatic rings. The molecule has 0 atom stereocenters. The van der Waals surface area contributed by atoms with E-state index >= 15 is 0 Å². The van der Waals surface area contributed by atoms with Gasteiger partial charge in [-0.25, -0.2) is 4.79 Å². The van der Waals surface area contributed by atoms with E-state index in [0.717, 1.165) is 6.42 Å². The summed E-state index contributed by atoms with van der Waals surface area (Å²) in [5.41, 5.74) is 0.581. The van der Waals surface area contributed by atoms with E-state index in [1.807, 2.05) is 6.92 Å². The second kappa shape index (κ2) is 7.11. The van der Waals surface area contributed by atoms with Crippen molar-refractivity contribution in [2.75, 3.05) is 11.9 Å². The molecule has 94 valence electrons. The van der Waals surface area contributed by atoms with Gasteiger partial charge in [-0.3, -0.25) is 0 Å². The molecule has 17 heavy (non-hydrogen) atoms. The lowest BCUT2D eigenvalue weighted by Gasteiger charge is -2.07. The largest absolute Gasteiger partial charge is 0.338 e.